The summed E-state index contributed by atoms with van der Waals surface area (Å²) in [5.41, 5.74) is 3.03. The van der Waals surface area contributed by atoms with Gasteiger partial charge in [-0.25, -0.2) is 9.78 Å². The molecule has 6 heteroatoms. The van der Waals surface area contributed by atoms with E-state index >= 15 is 0 Å². The highest BCUT2D eigenvalue weighted by Gasteiger charge is 2.28. The smallest absolute Gasteiger partial charge is 0.330 e. The van der Waals surface area contributed by atoms with Gasteiger partial charge in [0.2, 0.25) is 0 Å². The summed E-state index contributed by atoms with van der Waals surface area (Å²) in [5, 5.41) is 0. The van der Waals surface area contributed by atoms with Crippen molar-refractivity contribution in [2.75, 3.05) is 13.1 Å². The van der Waals surface area contributed by atoms with Crippen molar-refractivity contribution in [2.24, 2.45) is 14.1 Å². The molecule has 0 N–H and O–H groups in total. The fraction of sp³-hybridized carbons (Fsp3) is 0.412. The molecule has 1 aliphatic rings. The minimum Gasteiger partial charge on any atom is -0.353 e. The van der Waals surface area contributed by atoms with Crippen LogP contribution in [-0.4, -0.2) is 36.7 Å². The van der Waals surface area contributed by atoms with Crippen LogP contribution in [0.4, 0.5) is 0 Å². The molecule has 120 valence electrons. The molecule has 1 unspecified atom stereocenters. The fourth-order valence-corrected chi connectivity index (χ4v) is 3.58. The van der Waals surface area contributed by atoms with E-state index in [1.165, 1.54) is 5.69 Å². The Morgan fingerprint density at radius 1 is 1.26 bits per heavy atom. The zero-order chi connectivity index (χ0) is 16.0. The topological polar surface area (TPSA) is 48.0 Å². The van der Waals surface area contributed by atoms with Crippen LogP contribution in [0.1, 0.15) is 18.2 Å². The van der Waals surface area contributed by atoms with E-state index in [4.69, 9.17) is 0 Å². The summed E-state index contributed by atoms with van der Waals surface area (Å²) >= 11 is 0. The van der Waals surface area contributed by atoms with Crippen LogP contribution in [0.3, 0.4) is 0 Å². The minimum atomic E-state index is 0.0319. The van der Waals surface area contributed by atoms with Crippen LogP contribution in [0.2, 0.25) is 0 Å². The van der Waals surface area contributed by atoms with E-state index in [1.807, 2.05) is 23.7 Å². The summed E-state index contributed by atoms with van der Waals surface area (Å²) in [7, 11) is 3.89. The number of hydrogen-bond acceptors (Lipinski definition) is 3. The van der Waals surface area contributed by atoms with Gasteiger partial charge in [-0.1, -0.05) is 0 Å². The first-order valence-electron chi connectivity index (χ1n) is 7.99. The molecule has 1 aliphatic heterocycles. The molecule has 0 saturated carbocycles. The van der Waals surface area contributed by atoms with Crippen molar-refractivity contribution in [1.29, 1.82) is 0 Å². The van der Waals surface area contributed by atoms with Gasteiger partial charge in [0.15, 0.2) is 5.65 Å². The largest absolute Gasteiger partial charge is 0.353 e. The Kier molecular flexibility index (Phi) is 3.34. The maximum Gasteiger partial charge on any atom is 0.330 e. The maximum atomic E-state index is 12.6. The molecule has 1 atom stereocenters. The molecular weight excluding hydrogens is 290 g/mol. The second-order valence-corrected chi connectivity index (χ2v) is 6.35. The van der Waals surface area contributed by atoms with Gasteiger partial charge in [0, 0.05) is 51.8 Å². The maximum absolute atomic E-state index is 12.6. The number of pyridine rings is 1. The molecule has 1 saturated heterocycles. The number of imidazole rings is 1. The van der Waals surface area contributed by atoms with E-state index < -0.39 is 0 Å². The standard InChI is InChI=1S/C17H21N5O/c1-19-9-4-5-13(19)11-21-10-7-14(12-21)22-16-15(6-3-8-18-16)20(2)17(22)23/h3-6,8-9,14H,7,10-12H2,1-2H3. The zero-order valence-electron chi connectivity index (χ0n) is 13.5. The summed E-state index contributed by atoms with van der Waals surface area (Å²) < 4.78 is 5.72. The molecule has 0 aliphatic carbocycles. The molecule has 4 heterocycles. The summed E-state index contributed by atoms with van der Waals surface area (Å²) in [6.45, 7) is 2.82. The fourth-order valence-electron chi connectivity index (χ4n) is 3.58. The summed E-state index contributed by atoms with van der Waals surface area (Å²) in [4.78, 5) is 19.5. The van der Waals surface area contributed by atoms with E-state index in [0.717, 1.165) is 37.2 Å². The quantitative estimate of drug-likeness (QED) is 0.737. The van der Waals surface area contributed by atoms with Gasteiger partial charge < -0.3 is 4.57 Å². The Morgan fingerprint density at radius 2 is 2.13 bits per heavy atom. The molecule has 23 heavy (non-hydrogen) atoms. The third kappa shape index (κ3) is 2.30. The lowest BCUT2D eigenvalue weighted by Gasteiger charge is -2.17. The Bertz CT molecular complexity index is 903. The van der Waals surface area contributed by atoms with Crippen molar-refractivity contribution < 1.29 is 0 Å². The van der Waals surface area contributed by atoms with Crippen LogP contribution >= 0.6 is 0 Å². The van der Waals surface area contributed by atoms with Crippen molar-refractivity contribution in [3.63, 3.8) is 0 Å². The van der Waals surface area contributed by atoms with E-state index in [0.29, 0.717) is 0 Å². The molecule has 3 aromatic rings. The first kappa shape index (κ1) is 14.3. The van der Waals surface area contributed by atoms with E-state index in [1.54, 1.807) is 10.8 Å². The average Bonchev–Trinajstić information content (AvgIpc) is 3.23. The van der Waals surface area contributed by atoms with Crippen LogP contribution < -0.4 is 5.69 Å². The van der Waals surface area contributed by atoms with Gasteiger partial charge in [-0.2, -0.15) is 0 Å². The number of aryl methyl sites for hydroxylation is 2. The van der Waals surface area contributed by atoms with Gasteiger partial charge in [0.05, 0.1) is 11.6 Å². The van der Waals surface area contributed by atoms with Gasteiger partial charge in [-0.3, -0.25) is 14.0 Å². The normalized spacial score (nSPS) is 19.0. The Hall–Kier alpha value is -2.34. The number of hydrogen-bond donors (Lipinski definition) is 0. The van der Waals surface area contributed by atoms with Crippen LogP contribution in [0.5, 0.6) is 0 Å². The number of fused-ring (bicyclic) bond motifs is 1. The third-order valence-electron chi connectivity index (χ3n) is 4.90. The van der Waals surface area contributed by atoms with Crippen LogP contribution in [0.15, 0.2) is 41.5 Å². The van der Waals surface area contributed by atoms with Gasteiger partial charge in [0.1, 0.15) is 0 Å². The van der Waals surface area contributed by atoms with Gasteiger partial charge in [0.25, 0.3) is 0 Å². The molecule has 0 amide bonds. The van der Waals surface area contributed by atoms with Gasteiger partial charge in [-0.05, 0) is 30.7 Å². The van der Waals surface area contributed by atoms with Crippen molar-refractivity contribution in [3.8, 4) is 0 Å². The van der Waals surface area contributed by atoms with Crippen LogP contribution in [-0.2, 0) is 20.6 Å². The number of rotatable bonds is 3. The number of likely N-dealkylation sites (tertiary alicyclic amines) is 1. The lowest BCUT2D eigenvalue weighted by atomic mass is 10.2. The van der Waals surface area contributed by atoms with Gasteiger partial charge in [-0.15, -0.1) is 0 Å². The molecule has 0 aromatic carbocycles. The molecule has 4 rings (SSSR count). The van der Waals surface area contributed by atoms with Crippen molar-refractivity contribution in [1.82, 2.24) is 23.6 Å². The highest BCUT2D eigenvalue weighted by molar-refractivity contribution is 5.71. The Labute approximate surface area is 134 Å². The molecule has 6 nitrogen and oxygen atoms in total. The summed E-state index contributed by atoms with van der Waals surface area (Å²) in [5.74, 6) is 0. The lowest BCUT2D eigenvalue weighted by molar-refractivity contribution is 0.308. The third-order valence-corrected chi connectivity index (χ3v) is 4.90. The summed E-state index contributed by atoms with van der Waals surface area (Å²) in [6.07, 6.45) is 4.82. The van der Waals surface area contributed by atoms with E-state index in [2.05, 4.69) is 39.8 Å². The molecule has 0 bridgehead atoms. The first-order chi connectivity index (χ1) is 11.1. The minimum absolute atomic E-state index is 0.0319. The van der Waals surface area contributed by atoms with Crippen molar-refractivity contribution >= 4 is 11.2 Å². The molecule has 1 fully saturated rings. The average molecular weight is 311 g/mol. The van der Waals surface area contributed by atoms with E-state index in [-0.39, 0.29) is 11.7 Å². The molecule has 0 spiro atoms. The Morgan fingerprint density at radius 3 is 2.91 bits per heavy atom. The number of aromatic nitrogens is 4. The predicted octanol–water partition coefficient (Wildman–Crippen LogP) is 1.52. The first-order valence-corrected chi connectivity index (χ1v) is 7.99. The Balaban J connectivity index is 1.62. The predicted molar refractivity (Wildman–Crippen MR) is 89.3 cm³/mol. The molecule has 0 radical (unpaired) electrons. The van der Waals surface area contributed by atoms with Crippen molar-refractivity contribution in [2.45, 2.75) is 19.0 Å². The van der Waals surface area contributed by atoms with Gasteiger partial charge >= 0.3 is 5.69 Å². The van der Waals surface area contributed by atoms with Crippen LogP contribution in [0.25, 0.3) is 11.2 Å². The molecular formula is C17H21N5O. The zero-order valence-corrected chi connectivity index (χ0v) is 13.5. The van der Waals surface area contributed by atoms with E-state index in [9.17, 15) is 4.79 Å². The number of nitrogens with zero attached hydrogens (tertiary/aromatic N) is 5. The molecule has 3 aromatic heterocycles. The monoisotopic (exact) mass is 311 g/mol. The van der Waals surface area contributed by atoms with Crippen molar-refractivity contribution in [3.05, 3.63) is 52.8 Å². The highest BCUT2D eigenvalue weighted by Crippen LogP contribution is 2.25. The highest BCUT2D eigenvalue weighted by atomic mass is 16.1. The second kappa shape index (κ2) is 5.38. The SMILES string of the molecule is Cn1cccc1CN1CCC(n2c(=O)n(C)c3cccnc32)C1. The summed E-state index contributed by atoms with van der Waals surface area (Å²) in [6, 6.07) is 8.25. The second-order valence-electron chi connectivity index (χ2n) is 6.35. The van der Waals surface area contributed by atoms with Crippen LogP contribution in [0, 0.1) is 0 Å². The lowest BCUT2D eigenvalue weighted by Crippen LogP contribution is -2.28.